The lowest BCUT2D eigenvalue weighted by Gasteiger charge is -1.98. The molecule has 71 valence electrons. The minimum Gasteiger partial charge on any atom is -0.394 e. The summed E-state index contributed by atoms with van der Waals surface area (Å²) in [5.41, 5.74) is 0. The van der Waals surface area contributed by atoms with Crippen molar-refractivity contribution in [2.24, 2.45) is 0 Å². The van der Waals surface area contributed by atoms with E-state index >= 15 is 0 Å². The molecule has 0 aliphatic carbocycles. The van der Waals surface area contributed by atoms with Gasteiger partial charge in [0.1, 0.15) is 5.75 Å². The van der Waals surface area contributed by atoms with Crippen LogP contribution in [0.5, 0.6) is 0 Å². The first-order chi connectivity index (χ1) is 6.24. The Kier molecular flexibility index (Phi) is 3.65. The molecule has 0 unspecified atom stereocenters. The zero-order valence-electron chi connectivity index (χ0n) is 6.58. The molecule has 1 rings (SSSR count). The highest BCUT2D eigenvalue weighted by Crippen LogP contribution is 2.12. The van der Waals surface area contributed by atoms with E-state index in [9.17, 15) is 9.90 Å². The fraction of sp³-hybridized carbons (Fsp3) is 0.600. The number of rotatable bonds is 5. The third-order valence-corrected chi connectivity index (χ3v) is 2.06. The van der Waals surface area contributed by atoms with E-state index in [1.165, 1.54) is 4.68 Å². The van der Waals surface area contributed by atoms with Gasteiger partial charge in [0.25, 0.3) is 0 Å². The van der Waals surface area contributed by atoms with Gasteiger partial charge in [0, 0.05) is 0 Å². The van der Waals surface area contributed by atoms with Crippen molar-refractivity contribution in [1.82, 2.24) is 20.2 Å². The van der Waals surface area contributed by atoms with Gasteiger partial charge in [-0.3, -0.25) is 0 Å². The maximum atomic E-state index is 10.1. The molecule has 0 saturated carbocycles. The first-order valence-electron chi connectivity index (χ1n) is 3.43. The van der Waals surface area contributed by atoms with Crippen LogP contribution in [0.25, 0.3) is 0 Å². The second-order valence-electron chi connectivity index (χ2n) is 2.07. The standard InChI is InChI=1S/C5H7N4O3S/c10-2-1-9-5(6-7-8-9)13-3-4(11)12/h10H,1-3H2. The van der Waals surface area contributed by atoms with E-state index in [0.29, 0.717) is 5.16 Å². The van der Waals surface area contributed by atoms with Crippen LogP contribution in [0.4, 0.5) is 0 Å². The topological polar surface area (TPSA) is 101 Å². The third-order valence-electron chi connectivity index (χ3n) is 1.13. The van der Waals surface area contributed by atoms with E-state index in [-0.39, 0.29) is 18.9 Å². The summed E-state index contributed by atoms with van der Waals surface area (Å²) in [5.74, 6) is -1.38. The normalized spacial score (nSPS) is 10.2. The molecule has 0 aliphatic rings. The molecule has 0 saturated heterocycles. The number of thioether (sulfide) groups is 1. The van der Waals surface area contributed by atoms with Gasteiger partial charge < -0.3 is 5.11 Å². The Labute approximate surface area is 77.7 Å². The largest absolute Gasteiger partial charge is 0.394 e. The van der Waals surface area contributed by atoms with E-state index in [2.05, 4.69) is 15.5 Å². The minimum atomic E-state index is -1.18. The maximum absolute atomic E-state index is 10.1. The smallest absolute Gasteiger partial charge is 0.365 e. The fourth-order valence-corrected chi connectivity index (χ4v) is 1.28. The highest BCUT2D eigenvalue weighted by Gasteiger charge is 2.08. The van der Waals surface area contributed by atoms with Crippen LogP contribution < -0.4 is 0 Å². The zero-order chi connectivity index (χ0) is 9.68. The van der Waals surface area contributed by atoms with Gasteiger partial charge in [0.05, 0.1) is 13.2 Å². The molecular weight excluding hydrogens is 196 g/mol. The van der Waals surface area contributed by atoms with Gasteiger partial charge in [0.2, 0.25) is 5.16 Å². The Morgan fingerprint density at radius 2 is 2.38 bits per heavy atom. The molecule has 7 nitrogen and oxygen atoms in total. The number of carbonyl (C=O) groups excluding carboxylic acids is 1. The Hall–Kier alpha value is -1.15. The average molecular weight is 203 g/mol. The molecule has 0 atom stereocenters. The molecule has 1 N–H and O–H groups in total. The summed E-state index contributed by atoms with van der Waals surface area (Å²) in [4.78, 5) is 10.1. The second kappa shape index (κ2) is 4.77. The molecule has 0 spiro atoms. The maximum Gasteiger partial charge on any atom is 0.365 e. The van der Waals surface area contributed by atoms with E-state index in [4.69, 9.17) is 5.11 Å². The summed E-state index contributed by atoms with van der Waals surface area (Å²) < 4.78 is 1.33. The van der Waals surface area contributed by atoms with E-state index in [1.54, 1.807) is 0 Å². The lowest BCUT2D eigenvalue weighted by molar-refractivity contribution is -0.139. The highest BCUT2D eigenvalue weighted by atomic mass is 32.2. The molecule has 0 aromatic carbocycles. The SMILES string of the molecule is [O]C(=O)CSc1nnnn1CCO. The van der Waals surface area contributed by atoms with Gasteiger partial charge in [-0.15, -0.1) is 5.10 Å². The van der Waals surface area contributed by atoms with Crippen molar-refractivity contribution in [3.63, 3.8) is 0 Å². The zero-order valence-corrected chi connectivity index (χ0v) is 7.40. The van der Waals surface area contributed by atoms with Crippen molar-refractivity contribution < 1.29 is 15.0 Å². The second-order valence-corrected chi connectivity index (χ2v) is 3.01. The summed E-state index contributed by atoms with van der Waals surface area (Å²) >= 11 is 0.955. The van der Waals surface area contributed by atoms with Gasteiger partial charge in [-0.2, -0.15) is 0 Å². The van der Waals surface area contributed by atoms with Gasteiger partial charge in [-0.25, -0.2) is 14.6 Å². The van der Waals surface area contributed by atoms with Gasteiger partial charge in [-0.1, -0.05) is 11.8 Å². The van der Waals surface area contributed by atoms with Gasteiger partial charge >= 0.3 is 5.97 Å². The number of hydrogen-bond donors (Lipinski definition) is 1. The number of nitrogens with zero attached hydrogens (tertiary/aromatic N) is 4. The molecule has 8 heteroatoms. The van der Waals surface area contributed by atoms with Crippen molar-refractivity contribution in [1.29, 1.82) is 0 Å². The molecule has 1 radical (unpaired) electrons. The van der Waals surface area contributed by atoms with Crippen LogP contribution in [0, 0.1) is 0 Å². The van der Waals surface area contributed by atoms with Crippen molar-refractivity contribution in [2.75, 3.05) is 12.4 Å². The van der Waals surface area contributed by atoms with Crippen molar-refractivity contribution in [3.8, 4) is 0 Å². The van der Waals surface area contributed by atoms with Crippen LogP contribution in [0.15, 0.2) is 5.16 Å². The van der Waals surface area contributed by atoms with Crippen LogP contribution in [-0.2, 0) is 16.4 Å². The third kappa shape index (κ3) is 2.99. The monoisotopic (exact) mass is 203 g/mol. The number of tetrazole rings is 1. The highest BCUT2D eigenvalue weighted by molar-refractivity contribution is 7.99. The predicted octanol–water partition coefficient (Wildman–Crippen LogP) is -1.29. The Bertz CT molecular complexity index is 289. The van der Waals surface area contributed by atoms with Crippen LogP contribution >= 0.6 is 11.8 Å². The lowest BCUT2D eigenvalue weighted by atomic mass is 10.7. The molecule has 0 bridgehead atoms. The molecule has 0 fully saturated rings. The van der Waals surface area contributed by atoms with Crippen LogP contribution in [0.2, 0.25) is 0 Å². The molecule has 1 aromatic heterocycles. The summed E-state index contributed by atoms with van der Waals surface area (Å²) in [6.45, 7) is 0.159. The molecule has 0 aliphatic heterocycles. The van der Waals surface area contributed by atoms with E-state index in [0.717, 1.165) is 11.8 Å². The number of hydrogen-bond acceptors (Lipinski definition) is 6. The summed E-state index contributed by atoms with van der Waals surface area (Å²) in [5, 5.41) is 29.5. The molecular formula is C5H7N4O3S. The summed E-state index contributed by atoms with van der Waals surface area (Å²) in [7, 11) is 0. The lowest BCUT2D eigenvalue weighted by Crippen LogP contribution is -2.07. The summed E-state index contributed by atoms with van der Waals surface area (Å²) in [6.07, 6.45) is 0. The number of aliphatic hydroxyl groups is 1. The minimum absolute atomic E-state index is 0.0933. The Morgan fingerprint density at radius 1 is 1.62 bits per heavy atom. The van der Waals surface area contributed by atoms with Crippen molar-refractivity contribution >= 4 is 17.7 Å². The molecule has 0 amide bonds. The Balaban J connectivity index is 2.54. The van der Waals surface area contributed by atoms with Crippen LogP contribution in [-0.4, -0.2) is 43.6 Å². The predicted molar refractivity (Wildman–Crippen MR) is 41.3 cm³/mol. The number of aromatic nitrogens is 4. The molecule has 13 heavy (non-hydrogen) atoms. The quantitative estimate of drug-likeness (QED) is 0.598. The van der Waals surface area contributed by atoms with Crippen LogP contribution in [0.3, 0.4) is 0 Å². The number of aliphatic hydroxyl groups excluding tert-OH is 1. The average Bonchev–Trinajstić information content (AvgIpc) is 2.49. The fourth-order valence-electron chi connectivity index (χ4n) is 0.658. The van der Waals surface area contributed by atoms with Crippen LogP contribution in [0.1, 0.15) is 0 Å². The Morgan fingerprint density at radius 3 is 3.00 bits per heavy atom. The van der Waals surface area contributed by atoms with Crippen molar-refractivity contribution in [2.45, 2.75) is 11.7 Å². The molecule has 1 aromatic rings. The number of carbonyl (C=O) groups is 1. The van der Waals surface area contributed by atoms with E-state index in [1.807, 2.05) is 0 Å². The summed E-state index contributed by atoms with van der Waals surface area (Å²) in [6, 6.07) is 0. The molecule has 1 heterocycles. The first kappa shape index (κ1) is 9.93. The van der Waals surface area contributed by atoms with Gasteiger partial charge in [-0.05, 0) is 10.4 Å². The van der Waals surface area contributed by atoms with E-state index < -0.39 is 5.97 Å². The van der Waals surface area contributed by atoms with Crippen molar-refractivity contribution in [3.05, 3.63) is 0 Å². The van der Waals surface area contributed by atoms with Gasteiger partial charge in [0.15, 0.2) is 0 Å². The first-order valence-corrected chi connectivity index (χ1v) is 4.42.